The van der Waals surface area contributed by atoms with Gasteiger partial charge < -0.3 is 10.0 Å². The Morgan fingerprint density at radius 3 is 2.57 bits per heavy atom. The number of rotatable bonds is 2. The lowest BCUT2D eigenvalue weighted by Gasteiger charge is -2.27. The number of aromatic hydroxyl groups is 1. The molecular weight excluding hydrogens is 266 g/mol. The average Bonchev–Trinajstić information content (AvgIpc) is 2.49. The predicted molar refractivity (Wildman–Crippen MR) is 82.8 cm³/mol. The lowest BCUT2D eigenvalue weighted by Crippen LogP contribution is -2.32. The first-order valence-electron chi connectivity index (χ1n) is 7.31. The molecule has 2 N–H and O–H groups in total. The zero-order chi connectivity index (χ0) is 14.8. The molecule has 0 radical (unpaired) electrons. The van der Waals surface area contributed by atoms with Gasteiger partial charge in [0.15, 0.2) is 0 Å². The number of aryl methyl sites for hydroxylation is 1. The number of hydrogen-bond acceptors (Lipinski definition) is 4. The molecule has 5 heteroatoms. The third kappa shape index (κ3) is 2.63. The van der Waals surface area contributed by atoms with Crippen LogP contribution in [0.5, 0.6) is 5.88 Å². The van der Waals surface area contributed by atoms with Crippen LogP contribution in [0.25, 0.3) is 11.1 Å². The minimum Gasteiger partial charge on any atom is -0.493 e. The van der Waals surface area contributed by atoms with E-state index in [1.807, 2.05) is 36.1 Å². The molecule has 1 aromatic heterocycles. The van der Waals surface area contributed by atoms with E-state index in [1.54, 1.807) is 0 Å². The number of hydrogen-bond donors (Lipinski definition) is 2. The molecule has 1 saturated heterocycles. The number of benzene rings is 1. The Labute approximate surface area is 123 Å². The molecule has 1 fully saturated rings. The van der Waals surface area contributed by atoms with Crippen molar-refractivity contribution >= 4 is 5.95 Å². The van der Waals surface area contributed by atoms with Crippen LogP contribution in [-0.4, -0.2) is 28.2 Å². The van der Waals surface area contributed by atoms with Crippen molar-refractivity contribution in [2.75, 3.05) is 18.0 Å². The van der Waals surface area contributed by atoms with Gasteiger partial charge in [0.25, 0.3) is 5.56 Å². The topological polar surface area (TPSA) is 69.2 Å². The SMILES string of the molecule is Cc1ccccc1-c1c(O)nc(N2CCCCC2)[nH]c1=O. The number of nitrogens with one attached hydrogen (secondary N) is 1. The van der Waals surface area contributed by atoms with Crippen LogP contribution in [0.15, 0.2) is 29.1 Å². The maximum atomic E-state index is 12.4. The number of piperidine rings is 1. The van der Waals surface area contributed by atoms with E-state index >= 15 is 0 Å². The first-order chi connectivity index (χ1) is 10.2. The molecule has 2 aromatic rings. The second-order valence-corrected chi connectivity index (χ2v) is 5.45. The molecule has 5 nitrogen and oxygen atoms in total. The zero-order valence-electron chi connectivity index (χ0n) is 12.1. The van der Waals surface area contributed by atoms with Crippen molar-refractivity contribution < 1.29 is 5.11 Å². The summed E-state index contributed by atoms with van der Waals surface area (Å²) in [6, 6.07) is 7.48. The summed E-state index contributed by atoms with van der Waals surface area (Å²) in [7, 11) is 0. The zero-order valence-corrected chi connectivity index (χ0v) is 12.1. The summed E-state index contributed by atoms with van der Waals surface area (Å²) in [5, 5.41) is 10.2. The van der Waals surface area contributed by atoms with E-state index in [2.05, 4.69) is 9.97 Å². The Hall–Kier alpha value is -2.30. The summed E-state index contributed by atoms with van der Waals surface area (Å²) in [6.45, 7) is 3.64. The van der Waals surface area contributed by atoms with Gasteiger partial charge >= 0.3 is 0 Å². The molecule has 1 aliphatic heterocycles. The Bertz CT molecular complexity index is 703. The van der Waals surface area contributed by atoms with Crippen molar-refractivity contribution in [1.82, 2.24) is 9.97 Å². The van der Waals surface area contributed by atoms with Crippen LogP contribution in [0.3, 0.4) is 0 Å². The highest BCUT2D eigenvalue weighted by Crippen LogP contribution is 2.27. The van der Waals surface area contributed by atoms with Gasteiger partial charge in [-0.25, -0.2) is 0 Å². The molecule has 0 saturated carbocycles. The number of aromatic amines is 1. The van der Waals surface area contributed by atoms with Crippen LogP contribution in [0.4, 0.5) is 5.95 Å². The number of H-pyrrole nitrogens is 1. The van der Waals surface area contributed by atoms with Gasteiger partial charge in [-0.05, 0) is 37.3 Å². The summed E-state index contributed by atoms with van der Waals surface area (Å²) in [4.78, 5) is 21.4. The fraction of sp³-hybridized carbons (Fsp3) is 0.375. The molecular formula is C16H19N3O2. The highest BCUT2D eigenvalue weighted by atomic mass is 16.3. The normalized spacial score (nSPS) is 15.2. The van der Waals surface area contributed by atoms with Crippen LogP contribution >= 0.6 is 0 Å². The Morgan fingerprint density at radius 2 is 1.90 bits per heavy atom. The van der Waals surface area contributed by atoms with E-state index in [9.17, 15) is 9.90 Å². The maximum absolute atomic E-state index is 12.4. The quantitative estimate of drug-likeness (QED) is 0.889. The maximum Gasteiger partial charge on any atom is 0.264 e. The molecule has 1 aliphatic rings. The summed E-state index contributed by atoms with van der Waals surface area (Å²) in [5.74, 6) is 0.267. The van der Waals surface area contributed by atoms with Crippen molar-refractivity contribution in [1.29, 1.82) is 0 Å². The van der Waals surface area contributed by atoms with Crippen LogP contribution in [0, 0.1) is 6.92 Å². The van der Waals surface area contributed by atoms with Gasteiger partial charge in [-0.3, -0.25) is 9.78 Å². The van der Waals surface area contributed by atoms with Crippen molar-refractivity contribution in [2.45, 2.75) is 26.2 Å². The third-order valence-electron chi connectivity index (χ3n) is 3.96. The van der Waals surface area contributed by atoms with Crippen LogP contribution in [-0.2, 0) is 0 Å². The molecule has 2 heterocycles. The van der Waals surface area contributed by atoms with Gasteiger partial charge in [-0.1, -0.05) is 24.3 Å². The average molecular weight is 285 g/mol. The van der Waals surface area contributed by atoms with Crippen molar-refractivity contribution in [3.05, 3.63) is 40.2 Å². The van der Waals surface area contributed by atoms with E-state index in [1.165, 1.54) is 6.42 Å². The highest BCUT2D eigenvalue weighted by molar-refractivity contribution is 5.71. The Balaban J connectivity index is 2.05. The number of anilines is 1. The van der Waals surface area contributed by atoms with E-state index in [4.69, 9.17) is 0 Å². The Morgan fingerprint density at radius 1 is 1.19 bits per heavy atom. The molecule has 110 valence electrons. The van der Waals surface area contributed by atoms with Crippen LogP contribution in [0.2, 0.25) is 0 Å². The summed E-state index contributed by atoms with van der Waals surface area (Å²) in [5.41, 5.74) is 1.60. The fourth-order valence-corrected chi connectivity index (χ4v) is 2.80. The smallest absolute Gasteiger partial charge is 0.264 e. The highest BCUT2D eigenvalue weighted by Gasteiger charge is 2.18. The predicted octanol–water partition coefficient (Wildman–Crippen LogP) is 2.44. The summed E-state index contributed by atoms with van der Waals surface area (Å²) >= 11 is 0. The molecule has 0 atom stereocenters. The van der Waals surface area contributed by atoms with Crippen molar-refractivity contribution in [3.63, 3.8) is 0 Å². The van der Waals surface area contributed by atoms with E-state index < -0.39 is 0 Å². The molecule has 3 rings (SSSR count). The van der Waals surface area contributed by atoms with Gasteiger partial charge in [0.2, 0.25) is 11.8 Å². The number of nitrogens with zero attached hydrogens (tertiary/aromatic N) is 2. The van der Waals surface area contributed by atoms with Crippen LogP contribution < -0.4 is 10.5 Å². The molecule has 0 bridgehead atoms. The van der Waals surface area contributed by atoms with E-state index in [0.29, 0.717) is 11.5 Å². The monoisotopic (exact) mass is 285 g/mol. The lowest BCUT2D eigenvalue weighted by atomic mass is 10.0. The molecule has 0 aliphatic carbocycles. The lowest BCUT2D eigenvalue weighted by molar-refractivity contribution is 0.451. The second kappa shape index (κ2) is 5.60. The van der Waals surface area contributed by atoms with Gasteiger partial charge in [-0.15, -0.1) is 0 Å². The first-order valence-corrected chi connectivity index (χ1v) is 7.31. The fourth-order valence-electron chi connectivity index (χ4n) is 2.80. The van der Waals surface area contributed by atoms with Crippen molar-refractivity contribution in [2.24, 2.45) is 0 Å². The molecule has 21 heavy (non-hydrogen) atoms. The Kier molecular flexibility index (Phi) is 3.64. The largest absolute Gasteiger partial charge is 0.493 e. The minimum absolute atomic E-state index is 0.200. The first kappa shape index (κ1) is 13.7. The molecule has 0 unspecified atom stereocenters. The van der Waals surface area contributed by atoms with Crippen molar-refractivity contribution in [3.8, 4) is 17.0 Å². The van der Waals surface area contributed by atoms with Crippen LogP contribution in [0.1, 0.15) is 24.8 Å². The molecule has 0 amide bonds. The van der Waals surface area contributed by atoms with Gasteiger partial charge in [0.1, 0.15) is 5.56 Å². The number of aromatic nitrogens is 2. The molecule has 0 spiro atoms. The second-order valence-electron chi connectivity index (χ2n) is 5.45. The minimum atomic E-state index is -0.294. The van der Waals surface area contributed by atoms with E-state index in [0.717, 1.165) is 31.5 Å². The van der Waals surface area contributed by atoms with Gasteiger partial charge in [0.05, 0.1) is 0 Å². The molecule has 1 aromatic carbocycles. The van der Waals surface area contributed by atoms with Gasteiger partial charge in [-0.2, -0.15) is 4.98 Å². The van der Waals surface area contributed by atoms with Gasteiger partial charge in [0, 0.05) is 13.1 Å². The summed E-state index contributed by atoms with van der Waals surface area (Å²) < 4.78 is 0. The summed E-state index contributed by atoms with van der Waals surface area (Å²) in [6.07, 6.45) is 3.38. The van der Waals surface area contributed by atoms with E-state index in [-0.39, 0.29) is 17.0 Å². The third-order valence-corrected chi connectivity index (χ3v) is 3.96. The standard InChI is InChI=1S/C16H19N3O2/c1-11-7-3-4-8-12(11)13-14(20)17-16(18-15(13)21)19-9-5-2-6-10-19/h3-4,7-8H,2,5-6,9-10H2,1H3,(H2,17,18,20,21).